The molecule has 1 fully saturated rings. The van der Waals surface area contributed by atoms with E-state index in [9.17, 15) is 14.4 Å². The third-order valence-corrected chi connectivity index (χ3v) is 5.48. The molecule has 148 valence electrons. The topological polar surface area (TPSA) is 73.5 Å². The zero-order chi connectivity index (χ0) is 20.7. The number of fused-ring (bicyclic) bond motifs is 1. The molecule has 29 heavy (non-hydrogen) atoms. The van der Waals surface area contributed by atoms with Crippen molar-refractivity contribution in [2.75, 3.05) is 18.0 Å². The van der Waals surface area contributed by atoms with Gasteiger partial charge in [0.2, 0.25) is 11.5 Å². The molecular weight excluding hydrogens is 366 g/mol. The Morgan fingerprint density at radius 2 is 1.83 bits per heavy atom. The van der Waals surface area contributed by atoms with E-state index in [0.29, 0.717) is 23.0 Å². The maximum Gasteiger partial charge on any atom is 0.255 e. The largest absolute Gasteiger partial charge is 0.325 e. The predicted octanol–water partition coefficient (Wildman–Crippen LogP) is 3.02. The minimum atomic E-state index is -0.331. The average Bonchev–Trinajstić information content (AvgIpc) is 2.69. The highest BCUT2D eigenvalue weighted by Crippen LogP contribution is 2.26. The second-order valence-electron chi connectivity index (χ2n) is 7.67. The van der Waals surface area contributed by atoms with Gasteiger partial charge in [0.1, 0.15) is 6.54 Å². The molecular formula is C23H23N3O3. The number of carbonyl (C=O) groups is 2. The molecule has 0 saturated carbocycles. The first-order chi connectivity index (χ1) is 13.8. The van der Waals surface area contributed by atoms with Gasteiger partial charge in [0.25, 0.3) is 5.91 Å². The van der Waals surface area contributed by atoms with E-state index in [-0.39, 0.29) is 30.0 Å². The number of nitrogens with zero attached hydrogens (tertiary/aromatic N) is 2. The van der Waals surface area contributed by atoms with E-state index >= 15 is 0 Å². The Hall–Kier alpha value is -3.41. The smallest absolute Gasteiger partial charge is 0.255 e. The Morgan fingerprint density at radius 3 is 2.59 bits per heavy atom. The van der Waals surface area contributed by atoms with Crippen LogP contribution < -0.4 is 10.5 Å². The van der Waals surface area contributed by atoms with Gasteiger partial charge < -0.3 is 14.8 Å². The minimum Gasteiger partial charge on any atom is -0.325 e. The number of anilines is 1. The fraction of sp³-hybridized carbons (Fsp3) is 0.261. The number of hydrogen-bond acceptors (Lipinski definition) is 3. The molecule has 1 aliphatic heterocycles. The summed E-state index contributed by atoms with van der Waals surface area (Å²) in [5.74, 6) is -0.423. The molecule has 1 N–H and O–H groups in total. The quantitative estimate of drug-likeness (QED) is 0.732. The number of H-pyrrole nitrogens is 1. The molecule has 1 atom stereocenters. The lowest BCUT2D eigenvalue weighted by molar-refractivity contribution is -0.121. The van der Waals surface area contributed by atoms with Crippen molar-refractivity contribution in [2.45, 2.75) is 26.8 Å². The molecule has 2 aromatic carbocycles. The Balaban J connectivity index is 1.69. The van der Waals surface area contributed by atoms with Crippen molar-refractivity contribution in [3.8, 4) is 0 Å². The molecule has 1 aromatic heterocycles. The highest BCUT2D eigenvalue weighted by atomic mass is 16.2. The average molecular weight is 389 g/mol. The summed E-state index contributed by atoms with van der Waals surface area (Å²) in [6.45, 7) is 6.22. The van der Waals surface area contributed by atoms with Crippen LogP contribution in [0.15, 0.2) is 53.3 Å². The number of amides is 2. The summed E-state index contributed by atoms with van der Waals surface area (Å²) in [5, 5.41) is 0.690. The predicted molar refractivity (Wildman–Crippen MR) is 113 cm³/mol. The highest BCUT2D eigenvalue weighted by molar-refractivity contribution is 6.08. The molecule has 1 saturated heterocycles. The number of rotatable bonds is 2. The van der Waals surface area contributed by atoms with Gasteiger partial charge in [-0.3, -0.25) is 14.4 Å². The van der Waals surface area contributed by atoms with Gasteiger partial charge >= 0.3 is 0 Å². The zero-order valence-electron chi connectivity index (χ0n) is 16.7. The van der Waals surface area contributed by atoms with Gasteiger partial charge in [-0.1, -0.05) is 29.8 Å². The van der Waals surface area contributed by atoms with Gasteiger partial charge in [0.15, 0.2) is 0 Å². The molecule has 6 nitrogen and oxygen atoms in total. The van der Waals surface area contributed by atoms with Crippen LogP contribution in [0.1, 0.15) is 28.4 Å². The minimum absolute atomic E-state index is 0.0194. The van der Waals surface area contributed by atoms with E-state index < -0.39 is 0 Å². The zero-order valence-corrected chi connectivity index (χ0v) is 16.7. The molecule has 4 rings (SSSR count). The van der Waals surface area contributed by atoms with Crippen molar-refractivity contribution in [3.05, 3.63) is 75.6 Å². The van der Waals surface area contributed by atoms with E-state index in [2.05, 4.69) is 4.98 Å². The van der Waals surface area contributed by atoms with Crippen LogP contribution in [0.3, 0.4) is 0 Å². The lowest BCUT2D eigenvalue weighted by Crippen LogP contribution is -2.57. The highest BCUT2D eigenvalue weighted by Gasteiger charge is 2.34. The SMILES string of the molecule is Cc1ccc2[nH]c(=O)cc(C(=O)N3CC(=O)N(c4ccccc4C)CC3C)c2c1. The molecule has 6 heteroatoms. The number of nitrogens with one attached hydrogen (secondary N) is 1. The van der Waals surface area contributed by atoms with E-state index in [0.717, 1.165) is 16.8 Å². The monoisotopic (exact) mass is 389 g/mol. The molecule has 2 amide bonds. The summed E-state index contributed by atoms with van der Waals surface area (Å²) in [6.07, 6.45) is 0. The van der Waals surface area contributed by atoms with Crippen LogP contribution in [-0.2, 0) is 4.79 Å². The summed E-state index contributed by atoms with van der Waals surface area (Å²) in [5.41, 5.74) is 3.49. The van der Waals surface area contributed by atoms with Gasteiger partial charge in [0.05, 0.1) is 5.56 Å². The summed E-state index contributed by atoms with van der Waals surface area (Å²) in [4.78, 5) is 44.4. The normalized spacial score (nSPS) is 17.1. The van der Waals surface area contributed by atoms with E-state index in [1.807, 2.05) is 57.2 Å². The van der Waals surface area contributed by atoms with Gasteiger partial charge in [-0.05, 0) is 44.5 Å². The van der Waals surface area contributed by atoms with Gasteiger partial charge in [-0.15, -0.1) is 0 Å². The molecule has 0 spiro atoms. The van der Waals surface area contributed by atoms with Crippen LogP contribution in [0.4, 0.5) is 5.69 Å². The maximum atomic E-state index is 13.3. The number of aryl methyl sites for hydroxylation is 2. The summed E-state index contributed by atoms with van der Waals surface area (Å²) in [7, 11) is 0. The Kier molecular flexibility index (Phi) is 4.70. The number of carbonyl (C=O) groups excluding carboxylic acids is 2. The van der Waals surface area contributed by atoms with Crippen LogP contribution in [0.2, 0.25) is 0 Å². The fourth-order valence-corrected chi connectivity index (χ4v) is 3.92. The fourth-order valence-electron chi connectivity index (χ4n) is 3.92. The van der Waals surface area contributed by atoms with Crippen molar-refractivity contribution in [1.29, 1.82) is 0 Å². The number of hydrogen-bond donors (Lipinski definition) is 1. The second-order valence-corrected chi connectivity index (χ2v) is 7.67. The molecule has 1 unspecified atom stereocenters. The Bertz CT molecular complexity index is 1180. The summed E-state index contributed by atoms with van der Waals surface area (Å²) in [6, 6.07) is 14.4. The molecule has 2 heterocycles. The van der Waals surface area contributed by atoms with Crippen LogP contribution in [0.25, 0.3) is 10.9 Å². The first-order valence-electron chi connectivity index (χ1n) is 9.66. The number of benzene rings is 2. The van der Waals surface area contributed by atoms with Gasteiger partial charge in [-0.25, -0.2) is 0 Å². The first kappa shape index (κ1) is 18.9. The van der Waals surface area contributed by atoms with Crippen molar-refractivity contribution in [2.24, 2.45) is 0 Å². The standard InChI is InChI=1S/C23H23N3O3/c1-14-8-9-19-17(10-14)18(11-21(27)24-19)23(29)25-13-22(28)26(12-16(25)3)20-7-5-4-6-15(20)2/h4-11,16H,12-13H2,1-3H3,(H,24,27). The summed E-state index contributed by atoms with van der Waals surface area (Å²) < 4.78 is 0. The maximum absolute atomic E-state index is 13.3. The van der Waals surface area contributed by atoms with Gasteiger partial charge in [0, 0.05) is 35.2 Å². The third-order valence-electron chi connectivity index (χ3n) is 5.48. The van der Waals surface area contributed by atoms with Crippen LogP contribution in [0.5, 0.6) is 0 Å². The van der Waals surface area contributed by atoms with Crippen LogP contribution >= 0.6 is 0 Å². The van der Waals surface area contributed by atoms with Gasteiger partial charge in [-0.2, -0.15) is 0 Å². The Morgan fingerprint density at radius 1 is 1.07 bits per heavy atom. The number of para-hydroxylation sites is 1. The van der Waals surface area contributed by atoms with Crippen molar-refractivity contribution in [3.63, 3.8) is 0 Å². The summed E-state index contributed by atoms with van der Waals surface area (Å²) >= 11 is 0. The molecule has 0 aliphatic carbocycles. The lowest BCUT2D eigenvalue weighted by Gasteiger charge is -2.40. The number of aromatic nitrogens is 1. The van der Waals surface area contributed by atoms with Crippen LogP contribution in [-0.4, -0.2) is 40.8 Å². The Labute approximate surface area is 168 Å². The van der Waals surface area contributed by atoms with E-state index in [1.165, 1.54) is 6.07 Å². The van der Waals surface area contributed by atoms with E-state index in [1.54, 1.807) is 15.9 Å². The van der Waals surface area contributed by atoms with Crippen molar-refractivity contribution >= 4 is 28.4 Å². The van der Waals surface area contributed by atoms with Crippen LogP contribution in [0, 0.1) is 13.8 Å². The molecule has 0 bridgehead atoms. The van der Waals surface area contributed by atoms with Crippen molar-refractivity contribution < 1.29 is 9.59 Å². The van der Waals surface area contributed by atoms with Crippen molar-refractivity contribution in [1.82, 2.24) is 9.88 Å². The lowest BCUT2D eigenvalue weighted by atomic mass is 10.0. The number of aromatic amines is 1. The first-order valence-corrected chi connectivity index (χ1v) is 9.66. The second kappa shape index (κ2) is 7.20. The molecule has 3 aromatic rings. The number of pyridine rings is 1. The molecule has 1 aliphatic rings. The number of piperazine rings is 1. The third kappa shape index (κ3) is 3.42. The molecule has 0 radical (unpaired) electrons. The van der Waals surface area contributed by atoms with E-state index in [4.69, 9.17) is 0 Å².